The van der Waals surface area contributed by atoms with E-state index in [1.165, 1.54) is 45.1 Å². The second kappa shape index (κ2) is 21.4. The lowest BCUT2D eigenvalue weighted by Crippen LogP contribution is -2.45. The molecule has 0 unspecified atom stereocenters. The zero-order chi connectivity index (χ0) is 52.8. The minimum Gasteiger partial charge on any atom is -0.436 e. The van der Waals surface area contributed by atoms with Crippen molar-refractivity contribution in [1.29, 1.82) is 0 Å². The van der Waals surface area contributed by atoms with Crippen LogP contribution in [0.4, 0.5) is 11.4 Å². The molecular weight excluding hydrogens is 1000 g/mol. The molecule has 0 fully saturated rings. The Morgan fingerprint density at radius 3 is 1.96 bits per heavy atom. The molecule has 3 aliphatic rings. The number of aryl methyl sites for hydroxylation is 1. The molecule has 390 valence electrons. The van der Waals surface area contributed by atoms with Crippen molar-refractivity contribution < 1.29 is 34.6 Å². The lowest BCUT2D eigenvalue weighted by atomic mass is 9.78. The smallest absolute Gasteiger partial charge is 0.321 e. The van der Waals surface area contributed by atoms with Crippen LogP contribution < -0.4 is 4.90 Å². The maximum absolute atomic E-state index is 12.2. The van der Waals surface area contributed by atoms with E-state index in [1.54, 1.807) is 20.3 Å². The maximum Gasteiger partial charge on any atom is 0.321 e. The molecular formula is C57H82ClN2O7SSi4+. The Morgan fingerprint density at radius 2 is 1.32 bits per heavy atom. The first-order valence-corrected chi connectivity index (χ1v) is 39.7. The minimum atomic E-state index is -4.36. The van der Waals surface area contributed by atoms with E-state index in [0.29, 0.717) is 0 Å². The minimum absolute atomic E-state index is 0.105. The van der Waals surface area contributed by atoms with Crippen molar-refractivity contribution in [3.63, 3.8) is 0 Å². The van der Waals surface area contributed by atoms with E-state index in [4.69, 9.17) is 28.7 Å². The fraction of sp³-hybridized carbons (Fsp3) is 0.491. The molecule has 15 heteroatoms. The van der Waals surface area contributed by atoms with Crippen LogP contribution in [0.2, 0.25) is 64.5 Å². The summed E-state index contributed by atoms with van der Waals surface area (Å²) in [4.78, 5) is 2.36. The Hall–Kier alpha value is -3.26. The first-order chi connectivity index (χ1) is 33.5. The van der Waals surface area contributed by atoms with Crippen molar-refractivity contribution in [2.75, 3.05) is 32.2 Å². The molecule has 0 saturated heterocycles. The average molecular weight is 1090 g/mol. The first-order valence-electron chi connectivity index (χ1n) is 26.0. The summed E-state index contributed by atoms with van der Waals surface area (Å²) >= 11 is 7.53. The fourth-order valence-electron chi connectivity index (χ4n) is 11.7. The van der Waals surface area contributed by atoms with Gasteiger partial charge in [0.25, 0.3) is 10.1 Å². The van der Waals surface area contributed by atoms with Gasteiger partial charge in [0.2, 0.25) is 5.69 Å². The summed E-state index contributed by atoms with van der Waals surface area (Å²) in [7, 11) is -8.96. The zero-order valence-electron chi connectivity index (χ0n) is 45.9. The van der Waals surface area contributed by atoms with Gasteiger partial charge in [-0.1, -0.05) is 79.9 Å². The Kier molecular flexibility index (Phi) is 16.8. The number of nitrogens with zero attached hydrogens (tertiary/aromatic N) is 2. The molecule has 2 heterocycles. The lowest BCUT2D eigenvalue weighted by Gasteiger charge is -2.32. The predicted molar refractivity (Wildman–Crippen MR) is 312 cm³/mol. The monoisotopic (exact) mass is 1090 g/mol. The quantitative estimate of drug-likeness (QED) is 0.0405. The molecule has 0 aromatic heterocycles. The standard InChI is InChI=1S/C57H81ClN2O7SSi4/c1-41-23-29-47-44(39-41)24-31-49-53(47)56(2,3)51(59(49)35-16-18-37-69(8,9)66-71(12,13)64-6)33-26-42-21-20-22-43(55(42)58)27-34-52-57(4,5)54-48-30-28-46(68(61,62)63)40-45(48)25-32-50(54)60(52)36-17-19-38-70(10,11)67-72(14,15)65-7/h23-34,39-40H,16-22,35-38H2,1-15H3/p+1. The van der Waals surface area contributed by atoms with Crippen molar-refractivity contribution in [1.82, 2.24) is 0 Å². The summed E-state index contributed by atoms with van der Waals surface area (Å²) in [6, 6.07) is 22.6. The van der Waals surface area contributed by atoms with Crippen molar-refractivity contribution in [2.24, 2.45) is 0 Å². The molecule has 0 atom stereocenters. The van der Waals surface area contributed by atoms with Gasteiger partial charge in [-0.05, 0) is 186 Å². The second-order valence-corrected chi connectivity index (χ2v) is 41.4. The van der Waals surface area contributed by atoms with Gasteiger partial charge in [-0.3, -0.25) is 4.55 Å². The third kappa shape index (κ3) is 12.4. The van der Waals surface area contributed by atoms with Gasteiger partial charge in [0, 0.05) is 66.7 Å². The van der Waals surface area contributed by atoms with Gasteiger partial charge in [0.15, 0.2) is 22.3 Å². The SMILES string of the molecule is CO[Si](C)(C)O[Si](C)(C)CCCCN1/C(=C/C=C2CCCC(/C=C/C3=[N+](CCCC[Si](C)(C)O[Si](C)(C)OC)c4ccc5cc(C)ccc5c4C3(C)C)=C2Cl)C(C)(C)c2c1ccc1cc(S(=O)(=O)O)ccc21. The van der Waals surface area contributed by atoms with E-state index in [0.717, 1.165) is 108 Å². The van der Waals surface area contributed by atoms with E-state index in [1.807, 2.05) is 12.1 Å². The summed E-state index contributed by atoms with van der Waals surface area (Å²) in [5, 5.41) is 5.16. The van der Waals surface area contributed by atoms with Crippen LogP contribution in [0.1, 0.15) is 89.3 Å². The molecule has 4 aromatic carbocycles. The molecule has 0 spiro atoms. The van der Waals surface area contributed by atoms with Crippen LogP contribution in [-0.4, -0.2) is 84.3 Å². The Labute approximate surface area is 441 Å². The van der Waals surface area contributed by atoms with Gasteiger partial charge in [-0.25, -0.2) is 0 Å². The van der Waals surface area contributed by atoms with E-state index >= 15 is 0 Å². The summed E-state index contributed by atoms with van der Waals surface area (Å²) < 4.78 is 61.7. The van der Waals surface area contributed by atoms with E-state index in [-0.39, 0.29) is 10.3 Å². The van der Waals surface area contributed by atoms with E-state index in [2.05, 4.69) is 157 Å². The number of hydrogen-bond acceptors (Lipinski definition) is 7. The molecule has 0 radical (unpaired) electrons. The highest BCUT2D eigenvalue weighted by Crippen LogP contribution is 2.52. The van der Waals surface area contributed by atoms with Gasteiger partial charge >= 0.3 is 17.1 Å². The van der Waals surface area contributed by atoms with Gasteiger partial charge in [0.05, 0.1) is 10.3 Å². The number of benzene rings is 4. The normalized spacial score (nSPS) is 18.8. The Bertz CT molecular complexity index is 3010. The van der Waals surface area contributed by atoms with Gasteiger partial charge < -0.3 is 22.0 Å². The van der Waals surface area contributed by atoms with Gasteiger partial charge in [-0.2, -0.15) is 13.0 Å². The van der Waals surface area contributed by atoms with Gasteiger partial charge in [0.1, 0.15) is 6.54 Å². The maximum atomic E-state index is 12.2. The summed E-state index contributed by atoms with van der Waals surface area (Å²) in [6.07, 6.45) is 16.1. The van der Waals surface area contributed by atoms with Crippen LogP contribution in [0, 0.1) is 6.92 Å². The highest BCUT2D eigenvalue weighted by Gasteiger charge is 2.46. The fourth-order valence-corrected chi connectivity index (χ4v) is 26.8. The van der Waals surface area contributed by atoms with Gasteiger partial charge in [-0.15, -0.1) is 0 Å². The van der Waals surface area contributed by atoms with Crippen LogP contribution >= 0.6 is 11.6 Å². The van der Waals surface area contributed by atoms with Crippen molar-refractivity contribution in [2.45, 2.75) is 160 Å². The lowest BCUT2D eigenvalue weighted by molar-refractivity contribution is -0.438. The largest absolute Gasteiger partial charge is 0.436 e. The van der Waals surface area contributed by atoms with Crippen LogP contribution in [0.3, 0.4) is 0 Å². The summed E-state index contributed by atoms with van der Waals surface area (Å²) in [6.45, 7) is 30.9. The Balaban J connectivity index is 1.22. The highest BCUT2D eigenvalue weighted by molar-refractivity contribution is 7.85. The molecule has 1 N–H and O–H groups in total. The molecule has 9 nitrogen and oxygen atoms in total. The number of fused-ring (bicyclic) bond motifs is 6. The molecule has 4 aromatic rings. The van der Waals surface area contributed by atoms with Crippen molar-refractivity contribution in [3.8, 4) is 0 Å². The van der Waals surface area contributed by atoms with E-state index in [9.17, 15) is 13.0 Å². The molecule has 2 aliphatic heterocycles. The molecule has 72 heavy (non-hydrogen) atoms. The van der Waals surface area contributed by atoms with Crippen molar-refractivity contribution >= 4 is 94.1 Å². The number of halogens is 1. The van der Waals surface area contributed by atoms with E-state index < -0.39 is 49.3 Å². The van der Waals surface area contributed by atoms with Crippen LogP contribution in [0.15, 0.2) is 112 Å². The third-order valence-corrected chi connectivity index (χ3v) is 30.1. The number of allylic oxidation sites excluding steroid dienone is 8. The summed E-state index contributed by atoms with van der Waals surface area (Å²) in [5.74, 6) is 0. The number of hydrogen-bond donors (Lipinski definition) is 1. The number of unbranched alkanes of at least 4 members (excludes halogenated alkanes) is 2. The number of anilines is 1. The topological polar surface area (TPSA) is 97.5 Å². The second-order valence-electron chi connectivity index (χ2n) is 23.6. The first kappa shape index (κ1) is 56.5. The Morgan fingerprint density at radius 1 is 0.722 bits per heavy atom. The highest BCUT2D eigenvalue weighted by atomic mass is 35.5. The zero-order valence-corrected chi connectivity index (χ0v) is 51.5. The van der Waals surface area contributed by atoms with Crippen LogP contribution in [0.25, 0.3) is 21.5 Å². The van der Waals surface area contributed by atoms with Crippen molar-refractivity contribution in [3.05, 3.63) is 124 Å². The summed E-state index contributed by atoms with van der Waals surface area (Å²) in [5.41, 5.74) is 10.3. The molecule has 1 aliphatic carbocycles. The molecule has 7 rings (SSSR count). The molecule has 0 amide bonds. The van der Waals surface area contributed by atoms with Crippen LogP contribution in [0.5, 0.6) is 0 Å². The molecule has 0 saturated carbocycles. The molecule has 0 bridgehead atoms. The third-order valence-electron chi connectivity index (χ3n) is 15.3. The number of rotatable bonds is 20. The average Bonchev–Trinajstić information content (AvgIpc) is 3.64. The van der Waals surface area contributed by atoms with Crippen LogP contribution in [-0.2, 0) is 38.0 Å². The predicted octanol–water partition coefficient (Wildman–Crippen LogP) is 15.5.